The second kappa shape index (κ2) is 5.66. The fraction of sp³-hybridized carbons (Fsp3) is 0.125. The molecule has 0 aliphatic rings. The van der Waals surface area contributed by atoms with Gasteiger partial charge in [-0.25, -0.2) is 0 Å². The van der Waals surface area contributed by atoms with Gasteiger partial charge in [0, 0.05) is 18.0 Å². The molecule has 0 fully saturated rings. The highest BCUT2D eigenvalue weighted by atomic mass is 14.8. The lowest BCUT2D eigenvalue weighted by Gasteiger charge is -2.04. The van der Waals surface area contributed by atoms with E-state index in [2.05, 4.69) is 33.6 Å². The molecule has 0 N–H and O–H groups in total. The maximum atomic E-state index is 4.38. The Kier molecular flexibility index (Phi) is 3.74. The Morgan fingerprint density at radius 2 is 1.72 bits per heavy atom. The summed E-state index contributed by atoms with van der Waals surface area (Å²) in [4.78, 5) is 8.69. The van der Waals surface area contributed by atoms with Crippen LogP contribution in [0.1, 0.15) is 25.0 Å². The molecule has 18 heavy (non-hydrogen) atoms. The molecule has 0 aliphatic heterocycles. The van der Waals surface area contributed by atoms with E-state index in [1.54, 1.807) is 19.3 Å². The van der Waals surface area contributed by atoms with Gasteiger partial charge in [0.05, 0.1) is 11.3 Å². The molecule has 0 saturated carbocycles. The van der Waals surface area contributed by atoms with Gasteiger partial charge in [-0.1, -0.05) is 17.9 Å². The van der Waals surface area contributed by atoms with Gasteiger partial charge in [0.25, 0.3) is 0 Å². The van der Waals surface area contributed by atoms with Gasteiger partial charge >= 0.3 is 0 Å². The lowest BCUT2D eigenvalue weighted by Crippen LogP contribution is -1.94. The summed E-state index contributed by atoms with van der Waals surface area (Å²) in [6, 6.07) is 7.62. The van der Waals surface area contributed by atoms with E-state index in [9.17, 15) is 0 Å². The van der Waals surface area contributed by atoms with Crippen molar-refractivity contribution in [2.24, 2.45) is 0 Å². The molecule has 2 heterocycles. The Bertz CT molecular complexity index is 665. The maximum Gasteiger partial charge on any atom is 0.105 e. The number of pyridine rings is 2. The summed E-state index contributed by atoms with van der Waals surface area (Å²) >= 11 is 0. The zero-order chi connectivity index (χ0) is 12.8. The third-order valence-corrected chi connectivity index (χ3v) is 2.37. The van der Waals surface area contributed by atoms with Crippen LogP contribution >= 0.6 is 0 Å². The molecule has 86 valence electrons. The summed E-state index contributed by atoms with van der Waals surface area (Å²) in [5.74, 6) is 11.9. The van der Waals surface area contributed by atoms with Crippen molar-refractivity contribution in [1.29, 1.82) is 0 Å². The quantitative estimate of drug-likeness (QED) is 0.706. The summed E-state index contributed by atoms with van der Waals surface area (Å²) in [5, 5.41) is 0. The third kappa shape index (κ3) is 2.39. The fourth-order valence-electron chi connectivity index (χ4n) is 1.65. The first kappa shape index (κ1) is 11.9. The lowest BCUT2D eigenvalue weighted by molar-refractivity contribution is 1.23. The largest absolute Gasteiger partial charge is 0.255 e. The average molecular weight is 232 g/mol. The van der Waals surface area contributed by atoms with Crippen molar-refractivity contribution in [1.82, 2.24) is 9.97 Å². The van der Waals surface area contributed by atoms with Crippen molar-refractivity contribution >= 4 is 0 Å². The molecule has 0 unspecified atom stereocenters. The van der Waals surface area contributed by atoms with E-state index in [0.29, 0.717) is 0 Å². The number of aromatic nitrogens is 2. The summed E-state index contributed by atoms with van der Waals surface area (Å²) in [6.07, 6.45) is 3.49. The minimum atomic E-state index is 0.783. The van der Waals surface area contributed by atoms with Crippen LogP contribution in [0.5, 0.6) is 0 Å². The molecule has 2 heteroatoms. The number of hydrogen-bond acceptors (Lipinski definition) is 2. The summed E-state index contributed by atoms with van der Waals surface area (Å²) < 4.78 is 0. The zero-order valence-corrected chi connectivity index (χ0v) is 10.4. The zero-order valence-electron chi connectivity index (χ0n) is 10.4. The predicted molar refractivity (Wildman–Crippen MR) is 72.6 cm³/mol. The van der Waals surface area contributed by atoms with Crippen LogP contribution in [0.2, 0.25) is 0 Å². The molecular formula is C16H12N2. The predicted octanol–water partition coefficient (Wildman–Crippen LogP) is 2.89. The molecule has 0 aliphatic carbocycles. The number of nitrogens with zero attached hydrogens (tertiary/aromatic N) is 2. The van der Waals surface area contributed by atoms with E-state index >= 15 is 0 Å². The topological polar surface area (TPSA) is 25.8 Å². The van der Waals surface area contributed by atoms with Crippen molar-refractivity contribution in [2.45, 2.75) is 13.8 Å². The monoisotopic (exact) mass is 232 g/mol. The van der Waals surface area contributed by atoms with Gasteiger partial charge in [0.2, 0.25) is 0 Å². The van der Waals surface area contributed by atoms with Gasteiger partial charge in [0.15, 0.2) is 0 Å². The standard InChI is InChI=1S/C16H12N2/c1-3-7-13-10-12-18-16(14(13)8-4-2)15-9-5-6-11-17-15/h5-6,9-12H,1-2H3. The molecule has 2 nitrogen and oxygen atoms in total. The Morgan fingerprint density at radius 3 is 2.39 bits per heavy atom. The summed E-state index contributed by atoms with van der Waals surface area (Å²) in [7, 11) is 0. The van der Waals surface area contributed by atoms with Gasteiger partial charge in [-0.05, 0) is 32.0 Å². The van der Waals surface area contributed by atoms with Crippen molar-refractivity contribution in [3.05, 3.63) is 47.8 Å². The first-order valence-electron chi connectivity index (χ1n) is 5.62. The van der Waals surface area contributed by atoms with E-state index in [1.165, 1.54) is 0 Å². The van der Waals surface area contributed by atoms with Crippen molar-refractivity contribution < 1.29 is 0 Å². The van der Waals surface area contributed by atoms with E-state index < -0.39 is 0 Å². The summed E-state index contributed by atoms with van der Waals surface area (Å²) in [5.41, 5.74) is 3.33. The lowest BCUT2D eigenvalue weighted by atomic mass is 10.0. The average Bonchev–Trinajstić information content (AvgIpc) is 2.42. The normalized spacial score (nSPS) is 8.78. The Morgan fingerprint density at radius 1 is 0.889 bits per heavy atom. The fourth-order valence-corrected chi connectivity index (χ4v) is 1.65. The minimum absolute atomic E-state index is 0.783. The molecule has 2 aromatic rings. The number of hydrogen-bond donors (Lipinski definition) is 0. The van der Waals surface area contributed by atoms with Gasteiger partial charge in [-0.3, -0.25) is 9.97 Å². The van der Waals surface area contributed by atoms with E-state index in [1.807, 2.05) is 31.2 Å². The van der Waals surface area contributed by atoms with E-state index in [-0.39, 0.29) is 0 Å². The van der Waals surface area contributed by atoms with Crippen molar-refractivity contribution in [3.8, 4) is 35.1 Å². The van der Waals surface area contributed by atoms with Gasteiger partial charge < -0.3 is 0 Å². The number of rotatable bonds is 1. The Balaban J connectivity index is 2.69. The highest BCUT2D eigenvalue weighted by Gasteiger charge is 2.09. The summed E-state index contributed by atoms with van der Waals surface area (Å²) in [6.45, 7) is 3.61. The Hall–Kier alpha value is -2.58. The van der Waals surface area contributed by atoms with Crippen LogP contribution in [0.4, 0.5) is 0 Å². The van der Waals surface area contributed by atoms with Crippen molar-refractivity contribution in [3.63, 3.8) is 0 Å². The molecular weight excluding hydrogens is 220 g/mol. The molecule has 0 amide bonds. The van der Waals surface area contributed by atoms with Gasteiger partial charge in [-0.2, -0.15) is 0 Å². The highest BCUT2D eigenvalue weighted by molar-refractivity contribution is 5.68. The molecule has 0 aromatic carbocycles. The third-order valence-electron chi connectivity index (χ3n) is 2.37. The van der Waals surface area contributed by atoms with Gasteiger partial charge in [-0.15, -0.1) is 11.8 Å². The van der Waals surface area contributed by atoms with E-state index in [4.69, 9.17) is 0 Å². The first-order chi connectivity index (χ1) is 8.86. The second-order valence-electron chi connectivity index (χ2n) is 3.55. The van der Waals surface area contributed by atoms with Crippen LogP contribution < -0.4 is 0 Å². The van der Waals surface area contributed by atoms with Crippen LogP contribution in [0, 0.1) is 23.7 Å². The van der Waals surface area contributed by atoms with Crippen LogP contribution in [0.15, 0.2) is 36.7 Å². The Labute approximate surface area is 107 Å². The second-order valence-corrected chi connectivity index (χ2v) is 3.55. The highest BCUT2D eigenvalue weighted by Crippen LogP contribution is 2.20. The first-order valence-corrected chi connectivity index (χ1v) is 5.62. The van der Waals surface area contributed by atoms with Gasteiger partial charge in [0.1, 0.15) is 5.69 Å². The molecule has 0 spiro atoms. The molecule has 0 radical (unpaired) electrons. The van der Waals surface area contributed by atoms with E-state index in [0.717, 1.165) is 22.5 Å². The van der Waals surface area contributed by atoms with Crippen molar-refractivity contribution in [2.75, 3.05) is 0 Å². The molecule has 0 atom stereocenters. The molecule has 0 saturated heterocycles. The molecule has 2 aromatic heterocycles. The maximum absolute atomic E-state index is 4.38. The molecule has 2 rings (SSSR count). The minimum Gasteiger partial charge on any atom is -0.255 e. The molecule has 0 bridgehead atoms. The van der Waals surface area contributed by atoms with Crippen LogP contribution in [-0.2, 0) is 0 Å². The smallest absolute Gasteiger partial charge is 0.105 e. The van der Waals surface area contributed by atoms with Crippen LogP contribution in [-0.4, -0.2) is 9.97 Å². The van der Waals surface area contributed by atoms with Crippen LogP contribution in [0.3, 0.4) is 0 Å². The van der Waals surface area contributed by atoms with Crippen LogP contribution in [0.25, 0.3) is 11.4 Å². The SMILES string of the molecule is CC#Cc1ccnc(-c2ccccn2)c1C#CC.